The number of fused-ring (bicyclic) bond motifs is 1. The Hall–Kier alpha value is -3.38. The molecule has 1 atom stereocenters. The van der Waals surface area contributed by atoms with Crippen LogP contribution in [0.4, 0.5) is 5.69 Å². The number of nitrogens with zero attached hydrogens (tertiary/aromatic N) is 4. The van der Waals surface area contributed by atoms with Gasteiger partial charge in [0.2, 0.25) is 0 Å². The van der Waals surface area contributed by atoms with E-state index in [1.54, 1.807) is 0 Å². The van der Waals surface area contributed by atoms with Crippen molar-refractivity contribution in [2.75, 3.05) is 38.1 Å². The number of benzene rings is 2. The molecule has 2 aliphatic rings. The fourth-order valence-corrected chi connectivity index (χ4v) is 5.22. The minimum absolute atomic E-state index is 0.0483. The van der Waals surface area contributed by atoms with Crippen LogP contribution in [-0.2, 0) is 0 Å². The van der Waals surface area contributed by atoms with Gasteiger partial charge in [0.15, 0.2) is 0 Å². The van der Waals surface area contributed by atoms with E-state index < -0.39 is 0 Å². The van der Waals surface area contributed by atoms with Gasteiger partial charge in [-0.05, 0) is 50.6 Å². The van der Waals surface area contributed by atoms with E-state index in [0.29, 0.717) is 12.0 Å². The summed E-state index contributed by atoms with van der Waals surface area (Å²) in [6.45, 7) is 14.6. The number of aromatic nitrogens is 1. The smallest absolute Gasteiger partial charge is 0.257 e. The molecule has 1 aromatic heterocycles. The molecule has 1 unspecified atom stereocenters. The predicted octanol–water partition coefficient (Wildman–Crippen LogP) is 4.97. The quantitative estimate of drug-likeness (QED) is 0.573. The molecule has 0 saturated carbocycles. The fraction of sp³-hybridized carbons (Fsp3) is 0.379. The number of allylic oxidation sites excluding steroid dienone is 1. The zero-order valence-corrected chi connectivity index (χ0v) is 21.3. The Morgan fingerprint density at radius 3 is 2.49 bits per heavy atom. The monoisotopic (exact) mass is 469 g/mol. The molecule has 0 amide bonds. The molecule has 182 valence electrons. The Bertz CT molecular complexity index is 1350. The number of anilines is 1. The van der Waals surface area contributed by atoms with Crippen molar-refractivity contribution in [1.29, 1.82) is 0 Å². The predicted molar refractivity (Wildman–Crippen MR) is 145 cm³/mol. The zero-order valence-electron chi connectivity index (χ0n) is 21.3. The van der Waals surface area contributed by atoms with Crippen LogP contribution in [0.25, 0.3) is 10.9 Å². The van der Waals surface area contributed by atoms with Crippen molar-refractivity contribution in [3.8, 4) is 0 Å². The molecule has 2 aliphatic heterocycles. The number of hydrogen-bond donors (Lipinski definition) is 1. The molecular formula is C29H35N5O. The van der Waals surface area contributed by atoms with Crippen LogP contribution in [0.5, 0.6) is 0 Å². The lowest BCUT2D eigenvalue weighted by Gasteiger charge is -2.34. The molecule has 0 aliphatic carbocycles. The van der Waals surface area contributed by atoms with Crippen LogP contribution in [-0.4, -0.2) is 53.8 Å². The van der Waals surface area contributed by atoms with Gasteiger partial charge in [0, 0.05) is 49.4 Å². The van der Waals surface area contributed by atoms with Crippen molar-refractivity contribution in [2.24, 2.45) is 5.10 Å². The van der Waals surface area contributed by atoms with E-state index in [-0.39, 0.29) is 11.6 Å². The van der Waals surface area contributed by atoms with Crippen LogP contribution in [0.15, 0.2) is 64.6 Å². The summed E-state index contributed by atoms with van der Waals surface area (Å²) in [7, 11) is 2.16. The molecule has 0 spiro atoms. The number of H-pyrrole nitrogens is 1. The molecule has 1 fully saturated rings. The lowest BCUT2D eigenvalue weighted by atomic mass is 9.94. The van der Waals surface area contributed by atoms with Crippen molar-refractivity contribution in [1.82, 2.24) is 14.9 Å². The highest BCUT2D eigenvalue weighted by Gasteiger charge is 2.32. The van der Waals surface area contributed by atoms with Crippen molar-refractivity contribution >= 4 is 22.3 Å². The first-order chi connectivity index (χ1) is 16.9. The van der Waals surface area contributed by atoms with Gasteiger partial charge in [-0.15, -0.1) is 0 Å². The summed E-state index contributed by atoms with van der Waals surface area (Å²) in [4.78, 5) is 21.3. The molecule has 1 N–H and O–H groups in total. The normalized spacial score (nSPS) is 18.9. The Balaban J connectivity index is 1.52. The van der Waals surface area contributed by atoms with Crippen LogP contribution in [0.2, 0.25) is 0 Å². The van der Waals surface area contributed by atoms with Crippen molar-refractivity contribution in [3.63, 3.8) is 0 Å². The van der Waals surface area contributed by atoms with E-state index >= 15 is 0 Å². The van der Waals surface area contributed by atoms with Crippen LogP contribution >= 0.6 is 0 Å². The zero-order chi connectivity index (χ0) is 24.7. The third kappa shape index (κ3) is 4.39. The average molecular weight is 470 g/mol. The molecule has 0 bridgehead atoms. The summed E-state index contributed by atoms with van der Waals surface area (Å²) < 4.78 is 0. The largest absolute Gasteiger partial charge is 0.369 e. The lowest BCUT2D eigenvalue weighted by molar-refractivity contribution is 0.293. The molecular weight excluding hydrogens is 434 g/mol. The maximum Gasteiger partial charge on any atom is 0.257 e. The van der Waals surface area contributed by atoms with Crippen molar-refractivity contribution < 1.29 is 0 Å². The Labute approximate surface area is 207 Å². The second kappa shape index (κ2) is 9.34. The molecule has 3 aromatic rings. The van der Waals surface area contributed by atoms with Crippen LogP contribution < -0.4 is 10.5 Å². The van der Waals surface area contributed by atoms with Crippen molar-refractivity contribution in [2.45, 2.75) is 39.7 Å². The maximum atomic E-state index is 13.4. The molecule has 2 aromatic carbocycles. The number of likely N-dealkylation sites (N-methyl/N-ethyl adjacent to an activating group) is 1. The van der Waals surface area contributed by atoms with Gasteiger partial charge in [-0.3, -0.25) is 9.80 Å². The van der Waals surface area contributed by atoms with E-state index in [2.05, 4.69) is 84.7 Å². The summed E-state index contributed by atoms with van der Waals surface area (Å²) >= 11 is 0. The first-order valence-corrected chi connectivity index (χ1v) is 12.6. The van der Waals surface area contributed by atoms with Gasteiger partial charge in [0.1, 0.15) is 0 Å². The van der Waals surface area contributed by atoms with Gasteiger partial charge in [-0.1, -0.05) is 49.4 Å². The topological polar surface area (TPSA) is 54.9 Å². The van der Waals surface area contributed by atoms with Gasteiger partial charge >= 0.3 is 0 Å². The second-order valence-corrected chi connectivity index (χ2v) is 9.92. The van der Waals surface area contributed by atoms with Crippen LogP contribution in [0.3, 0.4) is 0 Å². The first kappa shape index (κ1) is 23.4. The molecule has 6 heteroatoms. The van der Waals surface area contributed by atoms with Crippen molar-refractivity contribution in [3.05, 3.63) is 87.3 Å². The Morgan fingerprint density at radius 1 is 1.09 bits per heavy atom. The number of rotatable bonds is 5. The molecule has 5 rings (SSSR count). The van der Waals surface area contributed by atoms with Gasteiger partial charge in [0.05, 0.1) is 22.8 Å². The number of pyridine rings is 1. The Kier molecular flexibility index (Phi) is 6.24. The SMILES string of the molecule is C=C(CC)N1N=C(c2c(C)c3ccc(N4CCN(C)CC4)cc3[nH]c2=O)CC1c1ccc(C)cc1. The number of hydrogen-bond acceptors (Lipinski definition) is 5. The summed E-state index contributed by atoms with van der Waals surface area (Å²) in [6.07, 6.45) is 1.48. The fourth-order valence-electron chi connectivity index (χ4n) is 5.22. The highest BCUT2D eigenvalue weighted by molar-refractivity contribution is 6.06. The third-order valence-electron chi connectivity index (χ3n) is 7.52. The summed E-state index contributed by atoms with van der Waals surface area (Å²) in [5.74, 6) is 0. The molecule has 3 heterocycles. The van der Waals surface area contributed by atoms with Gasteiger partial charge in [-0.25, -0.2) is 0 Å². The van der Waals surface area contributed by atoms with Gasteiger partial charge < -0.3 is 14.8 Å². The number of piperazine rings is 1. The molecule has 35 heavy (non-hydrogen) atoms. The average Bonchev–Trinajstić information content (AvgIpc) is 3.29. The maximum absolute atomic E-state index is 13.4. The highest BCUT2D eigenvalue weighted by Crippen LogP contribution is 2.36. The van der Waals surface area contributed by atoms with Crippen LogP contribution in [0.1, 0.15) is 48.1 Å². The lowest BCUT2D eigenvalue weighted by Crippen LogP contribution is -2.44. The summed E-state index contributed by atoms with van der Waals surface area (Å²) in [5.41, 5.74) is 7.85. The minimum atomic E-state index is -0.0732. The number of aromatic amines is 1. The first-order valence-electron chi connectivity index (χ1n) is 12.6. The molecule has 1 saturated heterocycles. The number of nitrogens with one attached hydrogen (secondary N) is 1. The van der Waals surface area contributed by atoms with E-state index in [4.69, 9.17) is 5.10 Å². The minimum Gasteiger partial charge on any atom is -0.369 e. The highest BCUT2D eigenvalue weighted by atomic mass is 16.1. The van der Waals surface area contributed by atoms with Gasteiger partial charge in [0.25, 0.3) is 5.56 Å². The molecule has 6 nitrogen and oxygen atoms in total. The van der Waals surface area contributed by atoms with E-state index in [9.17, 15) is 4.79 Å². The number of hydrazone groups is 1. The standard InChI is InChI=1S/C29H35N5O/c1-6-20(3)34-27(22-9-7-19(2)8-10-22)18-26(31-34)28-21(4)24-12-11-23(17-25(24)30-29(28)35)33-15-13-32(5)14-16-33/h7-12,17,27H,3,6,13-16,18H2,1-2,4-5H3,(H,30,35). The second-order valence-electron chi connectivity index (χ2n) is 9.92. The van der Waals surface area contributed by atoms with Crippen LogP contribution in [0, 0.1) is 13.8 Å². The van der Waals surface area contributed by atoms with E-state index in [0.717, 1.165) is 66.2 Å². The third-order valence-corrected chi connectivity index (χ3v) is 7.52. The Morgan fingerprint density at radius 2 is 1.80 bits per heavy atom. The summed E-state index contributed by atoms with van der Waals surface area (Å²) in [5, 5.41) is 8.04. The van der Waals surface area contributed by atoms with E-state index in [1.165, 1.54) is 11.1 Å². The summed E-state index contributed by atoms with van der Waals surface area (Å²) in [6, 6.07) is 15.1. The number of aryl methyl sites for hydroxylation is 2. The van der Waals surface area contributed by atoms with Gasteiger partial charge in [-0.2, -0.15) is 5.10 Å². The molecule has 0 radical (unpaired) electrons. The van der Waals surface area contributed by atoms with E-state index in [1.807, 2.05) is 11.9 Å².